The fraction of sp³-hybridized carbons (Fsp3) is 0.650. The zero-order valence-electron chi connectivity index (χ0n) is 15.3. The standard InChI is InChI=1S/C20H28N2O4/c23-20(17-2-3-18-19(14-17)26-11-1-10-25-18)22-6-4-16(5-7-22)15-21-8-12-24-13-9-21/h2-3,14,16H,1,4-13,15H2. The maximum absolute atomic E-state index is 12.9. The lowest BCUT2D eigenvalue weighted by atomic mass is 9.95. The molecule has 0 radical (unpaired) electrons. The Labute approximate surface area is 155 Å². The molecule has 3 aliphatic heterocycles. The minimum absolute atomic E-state index is 0.102. The summed E-state index contributed by atoms with van der Waals surface area (Å²) in [4.78, 5) is 17.3. The molecule has 2 saturated heterocycles. The van der Waals surface area contributed by atoms with Gasteiger partial charge in [-0.2, -0.15) is 0 Å². The molecule has 0 spiro atoms. The minimum Gasteiger partial charge on any atom is -0.490 e. The van der Waals surface area contributed by atoms with Gasteiger partial charge in [-0.15, -0.1) is 0 Å². The van der Waals surface area contributed by atoms with E-state index in [1.165, 1.54) is 0 Å². The fourth-order valence-electron chi connectivity index (χ4n) is 3.95. The van der Waals surface area contributed by atoms with E-state index in [9.17, 15) is 4.79 Å². The van der Waals surface area contributed by atoms with Crippen LogP contribution in [0.5, 0.6) is 11.5 Å². The molecule has 6 nitrogen and oxygen atoms in total. The number of hydrogen-bond donors (Lipinski definition) is 0. The number of benzene rings is 1. The normalized spacial score (nSPS) is 22.1. The van der Waals surface area contributed by atoms with Gasteiger partial charge in [0.1, 0.15) is 0 Å². The Kier molecular flexibility index (Phi) is 5.60. The number of likely N-dealkylation sites (tertiary alicyclic amines) is 1. The molecule has 3 aliphatic rings. The van der Waals surface area contributed by atoms with Crippen molar-refractivity contribution < 1.29 is 19.0 Å². The highest BCUT2D eigenvalue weighted by molar-refractivity contribution is 5.95. The van der Waals surface area contributed by atoms with Crippen molar-refractivity contribution in [3.05, 3.63) is 23.8 Å². The van der Waals surface area contributed by atoms with Crippen LogP contribution in [0.3, 0.4) is 0 Å². The zero-order chi connectivity index (χ0) is 17.8. The molecule has 0 bridgehead atoms. The van der Waals surface area contributed by atoms with Gasteiger partial charge < -0.3 is 19.1 Å². The predicted molar refractivity (Wildman–Crippen MR) is 97.9 cm³/mol. The number of rotatable bonds is 3. The number of fused-ring (bicyclic) bond motifs is 1. The van der Waals surface area contributed by atoms with Crippen LogP contribution >= 0.6 is 0 Å². The first kappa shape index (κ1) is 17.6. The molecule has 6 heteroatoms. The summed E-state index contributed by atoms with van der Waals surface area (Å²) in [5.41, 5.74) is 0.695. The molecule has 0 aliphatic carbocycles. The van der Waals surface area contributed by atoms with E-state index in [1.54, 1.807) is 0 Å². The number of morpholine rings is 1. The second-order valence-corrected chi connectivity index (χ2v) is 7.36. The molecule has 26 heavy (non-hydrogen) atoms. The molecular formula is C20H28N2O4. The highest BCUT2D eigenvalue weighted by Crippen LogP contribution is 2.31. The van der Waals surface area contributed by atoms with Gasteiger partial charge in [-0.1, -0.05) is 0 Å². The van der Waals surface area contributed by atoms with Gasteiger partial charge in [-0.3, -0.25) is 9.69 Å². The van der Waals surface area contributed by atoms with Crippen LogP contribution in [0.15, 0.2) is 18.2 Å². The van der Waals surface area contributed by atoms with E-state index in [1.807, 2.05) is 23.1 Å². The Morgan fingerprint density at radius 2 is 1.69 bits per heavy atom. The van der Waals surface area contributed by atoms with Crippen molar-refractivity contribution in [2.45, 2.75) is 19.3 Å². The molecule has 2 fully saturated rings. The fourth-order valence-corrected chi connectivity index (χ4v) is 3.95. The van der Waals surface area contributed by atoms with Crippen molar-refractivity contribution in [1.82, 2.24) is 9.80 Å². The molecule has 0 aromatic heterocycles. The molecule has 0 unspecified atom stereocenters. The molecule has 0 atom stereocenters. The lowest BCUT2D eigenvalue weighted by molar-refractivity contribution is 0.0243. The lowest BCUT2D eigenvalue weighted by Crippen LogP contribution is -2.44. The molecule has 0 saturated carbocycles. The highest BCUT2D eigenvalue weighted by atomic mass is 16.5. The third-order valence-electron chi connectivity index (χ3n) is 5.52. The summed E-state index contributed by atoms with van der Waals surface area (Å²) in [6, 6.07) is 5.55. The number of amides is 1. The topological polar surface area (TPSA) is 51.2 Å². The SMILES string of the molecule is O=C(c1ccc2c(c1)OCCCO2)N1CCC(CN2CCOCC2)CC1. The van der Waals surface area contributed by atoms with Gasteiger partial charge in [-0.25, -0.2) is 0 Å². The Bertz CT molecular complexity index is 622. The van der Waals surface area contributed by atoms with Gasteiger partial charge in [0.25, 0.3) is 5.91 Å². The first-order valence-corrected chi connectivity index (χ1v) is 9.78. The summed E-state index contributed by atoms with van der Waals surface area (Å²) in [6.45, 7) is 7.88. The van der Waals surface area contributed by atoms with Crippen molar-refractivity contribution in [3.63, 3.8) is 0 Å². The predicted octanol–water partition coefficient (Wildman–Crippen LogP) is 2.03. The number of carbonyl (C=O) groups excluding carboxylic acids is 1. The van der Waals surface area contributed by atoms with E-state index >= 15 is 0 Å². The van der Waals surface area contributed by atoms with Crippen molar-refractivity contribution >= 4 is 5.91 Å². The lowest BCUT2D eigenvalue weighted by Gasteiger charge is -2.36. The third kappa shape index (κ3) is 4.13. The van der Waals surface area contributed by atoms with Crippen molar-refractivity contribution in [2.75, 3.05) is 59.2 Å². The Morgan fingerprint density at radius 1 is 0.962 bits per heavy atom. The van der Waals surface area contributed by atoms with E-state index in [0.717, 1.165) is 70.9 Å². The van der Waals surface area contributed by atoms with Crippen LogP contribution in [0.4, 0.5) is 0 Å². The van der Waals surface area contributed by atoms with E-state index in [4.69, 9.17) is 14.2 Å². The molecule has 4 rings (SSSR count). The van der Waals surface area contributed by atoms with Crippen LogP contribution in [0, 0.1) is 5.92 Å². The van der Waals surface area contributed by atoms with Crippen LogP contribution in [0.1, 0.15) is 29.6 Å². The van der Waals surface area contributed by atoms with Crippen molar-refractivity contribution in [3.8, 4) is 11.5 Å². The van der Waals surface area contributed by atoms with Gasteiger partial charge in [0.15, 0.2) is 11.5 Å². The smallest absolute Gasteiger partial charge is 0.253 e. The van der Waals surface area contributed by atoms with Crippen LogP contribution in [-0.2, 0) is 4.74 Å². The van der Waals surface area contributed by atoms with Crippen LogP contribution in [0.25, 0.3) is 0 Å². The quantitative estimate of drug-likeness (QED) is 0.826. The summed E-state index contributed by atoms with van der Waals surface area (Å²) in [5, 5.41) is 0. The summed E-state index contributed by atoms with van der Waals surface area (Å²) in [6.07, 6.45) is 3.02. The number of piperidine rings is 1. The first-order chi connectivity index (χ1) is 12.8. The largest absolute Gasteiger partial charge is 0.490 e. The van der Waals surface area contributed by atoms with Gasteiger partial charge in [0.2, 0.25) is 0 Å². The number of nitrogens with zero attached hydrogens (tertiary/aromatic N) is 2. The molecule has 142 valence electrons. The van der Waals surface area contributed by atoms with Gasteiger partial charge in [0.05, 0.1) is 26.4 Å². The first-order valence-electron chi connectivity index (χ1n) is 9.78. The summed E-state index contributed by atoms with van der Waals surface area (Å²) >= 11 is 0. The molecule has 1 aromatic rings. The Hall–Kier alpha value is -1.79. The third-order valence-corrected chi connectivity index (χ3v) is 5.52. The van der Waals surface area contributed by atoms with E-state index in [2.05, 4.69) is 4.90 Å². The van der Waals surface area contributed by atoms with Crippen LogP contribution in [0.2, 0.25) is 0 Å². The highest BCUT2D eigenvalue weighted by Gasteiger charge is 2.26. The Morgan fingerprint density at radius 3 is 2.46 bits per heavy atom. The van der Waals surface area contributed by atoms with Gasteiger partial charge in [0, 0.05) is 44.7 Å². The van der Waals surface area contributed by atoms with E-state index < -0.39 is 0 Å². The molecule has 0 N–H and O–H groups in total. The minimum atomic E-state index is 0.102. The number of hydrogen-bond acceptors (Lipinski definition) is 5. The van der Waals surface area contributed by atoms with Gasteiger partial charge in [-0.05, 0) is 37.0 Å². The summed E-state index contributed by atoms with van der Waals surface area (Å²) in [5.74, 6) is 2.21. The molecule has 1 aromatic carbocycles. The average Bonchev–Trinajstić information content (AvgIpc) is 2.93. The molecule has 1 amide bonds. The number of ether oxygens (including phenoxy) is 3. The number of carbonyl (C=O) groups is 1. The Balaban J connectivity index is 1.32. The van der Waals surface area contributed by atoms with Crippen LogP contribution in [-0.4, -0.2) is 74.9 Å². The maximum atomic E-state index is 12.9. The van der Waals surface area contributed by atoms with Crippen molar-refractivity contribution in [1.29, 1.82) is 0 Å². The summed E-state index contributed by atoms with van der Waals surface area (Å²) < 4.78 is 16.8. The zero-order valence-corrected chi connectivity index (χ0v) is 15.3. The average molecular weight is 360 g/mol. The summed E-state index contributed by atoms with van der Waals surface area (Å²) in [7, 11) is 0. The van der Waals surface area contributed by atoms with Gasteiger partial charge >= 0.3 is 0 Å². The monoisotopic (exact) mass is 360 g/mol. The maximum Gasteiger partial charge on any atom is 0.253 e. The van der Waals surface area contributed by atoms with E-state index in [-0.39, 0.29) is 5.91 Å². The van der Waals surface area contributed by atoms with E-state index in [0.29, 0.717) is 30.4 Å². The molecular weight excluding hydrogens is 332 g/mol. The second-order valence-electron chi connectivity index (χ2n) is 7.36. The second kappa shape index (κ2) is 8.27. The van der Waals surface area contributed by atoms with Crippen LogP contribution < -0.4 is 9.47 Å². The van der Waals surface area contributed by atoms with Crippen molar-refractivity contribution in [2.24, 2.45) is 5.92 Å². The molecule has 3 heterocycles.